The lowest BCUT2D eigenvalue weighted by molar-refractivity contribution is 0.840. The summed E-state index contributed by atoms with van der Waals surface area (Å²) in [4.78, 5) is 4.72. The molecule has 0 amide bonds. The van der Waals surface area contributed by atoms with Gasteiger partial charge in [-0.1, -0.05) is 175 Å². The average molecular weight is 751 g/mol. The molecule has 1 unspecified atom stereocenters. The van der Waals surface area contributed by atoms with E-state index in [0.717, 1.165) is 29.1 Å². The van der Waals surface area contributed by atoms with E-state index in [1.807, 2.05) is 0 Å². The van der Waals surface area contributed by atoms with E-state index >= 15 is 0 Å². The molecule has 0 saturated heterocycles. The maximum absolute atomic E-state index is 2.38. The highest BCUT2D eigenvalue weighted by molar-refractivity contribution is 5.85. The van der Waals surface area contributed by atoms with Gasteiger partial charge in [-0.05, 0) is 115 Å². The highest BCUT2D eigenvalue weighted by Crippen LogP contribution is 2.38. The van der Waals surface area contributed by atoms with Crippen LogP contribution in [0.25, 0.3) is 22.3 Å². The molecule has 1 aliphatic carbocycles. The van der Waals surface area contributed by atoms with Crippen LogP contribution in [-0.2, 0) is 0 Å². The Morgan fingerprint density at radius 3 is 1.34 bits per heavy atom. The van der Waals surface area contributed by atoms with E-state index < -0.39 is 0 Å². The molecule has 0 aromatic heterocycles. The van der Waals surface area contributed by atoms with Crippen LogP contribution >= 0.6 is 0 Å². The number of hydrogen-bond acceptors (Lipinski definition) is 2. The third-order valence-corrected chi connectivity index (χ3v) is 11.0. The van der Waals surface area contributed by atoms with Crippen molar-refractivity contribution < 1.29 is 0 Å². The predicted octanol–water partition coefficient (Wildman–Crippen LogP) is 15.1. The van der Waals surface area contributed by atoms with Crippen LogP contribution < -0.4 is 9.80 Å². The fourth-order valence-corrected chi connectivity index (χ4v) is 7.99. The van der Waals surface area contributed by atoms with Crippen molar-refractivity contribution in [3.05, 3.63) is 252 Å². The Labute approximate surface area is 345 Å². The number of benzene rings is 7. The van der Waals surface area contributed by atoms with E-state index in [9.17, 15) is 0 Å². The van der Waals surface area contributed by atoms with Gasteiger partial charge in [0.2, 0.25) is 0 Å². The Hall–Kier alpha value is -6.90. The summed E-state index contributed by atoms with van der Waals surface area (Å²) in [5.41, 5.74) is 17.9. The molecule has 58 heavy (non-hydrogen) atoms. The van der Waals surface area contributed by atoms with E-state index in [4.69, 9.17) is 0 Å². The SMILES string of the molecule is Cc1ccc(N(C=C(c2ccccc2)c2ccccc2)c2ccc(-c3ccc(N(/C=C(\c4ccccc4)C4C=CC=CC4)c4ccc(C)cc4C)cc3)cc2)c(C)c1. The van der Waals surface area contributed by atoms with Crippen molar-refractivity contribution >= 4 is 33.9 Å². The molecule has 0 spiro atoms. The first-order chi connectivity index (χ1) is 28.4. The lowest BCUT2D eigenvalue weighted by atomic mass is 9.88. The standard InChI is InChI=1S/C56H50N2/c1-41-25-35-55(43(3)37-41)57(39-53(47-17-9-5-10-18-47)48-19-11-6-12-20-48)51-31-27-45(28-32-51)46-29-33-52(34-30-46)58(56-36-26-42(2)38-44(56)4)40-54(49-21-13-7-14-22-49)50-23-15-8-16-24-50/h5-23,25-40,50H,24H2,1-4H3/b54-40+. The number of anilines is 4. The van der Waals surface area contributed by atoms with Gasteiger partial charge in [0, 0.05) is 46.6 Å². The summed E-state index contributed by atoms with van der Waals surface area (Å²) >= 11 is 0. The minimum atomic E-state index is 0.285. The van der Waals surface area contributed by atoms with Crippen molar-refractivity contribution in [1.29, 1.82) is 0 Å². The van der Waals surface area contributed by atoms with Gasteiger partial charge in [0.25, 0.3) is 0 Å². The zero-order valence-electron chi connectivity index (χ0n) is 33.9. The van der Waals surface area contributed by atoms with Crippen LogP contribution in [0, 0.1) is 33.6 Å². The first-order valence-corrected chi connectivity index (χ1v) is 20.3. The molecule has 8 rings (SSSR count). The van der Waals surface area contributed by atoms with Crippen molar-refractivity contribution in [2.75, 3.05) is 9.80 Å². The topological polar surface area (TPSA) is 6.48 Å². The van der Waals surface area contributed by atoms with Gasteiger partial charge in [0.1, 0.15) is 0 Å². The van der Waals surface area contributed by atoms with Crippen LogP contribution in [-0.4, -0.2) is 0 Å². The molecule has 0 bridgehead atoms. The van der Waals surface area contributed by atoms with Gasteiger partial charge < -0.3 is 9.80 Å². The Kier molecular flexibility index (Phi) is 11.5. The molecule has 2 heteroatoms. The molecule has 1 atom stereocenters. The molecule has 0 aliphatic heterocycles. The van der Waals surface area contributed by atoms with Crippen LogP contribution in [0.2, 0.25) is 0 Å². The Bertz CT molecular complexity index is 2550. The number of allylic oxidation sites excluding steroid dienone is 5. The number of nitrogens with zero attached hydrogens (tertiary/aromatic N) is 2. The van der Waals surface area contributed by atoms with Crippen molar-refractivity contribution in [2.45, 2.75) is 34.1 Å². The van der Waals surface area contributed by atoms with Gasteiger partial charge in [0.05, 0.1) is 0 Å². The Morgan fingerprint density at radius 1 is 0.466 bits per heavy atom. The van der Waals surface area contributed by atoms with Crippen molar-refractivity contribution in [3.8, 4) is 11.1 Å². The molecule has 0 heterocycles. The molecule has 284 valence electrons. The van der Waals surface area contributed by atoms with Crippen molar-refractivity contribution in [3.63, 3.8) is 0 Å². The Balaban J connectivity index is 1.17. The van der Waals surface area contributed by atoms with Gasteiger partial charge in [0.15, 0.2) is 0 Å². The molecule has 7 aromatic rings. The summed E-state index contributed by atoms with van der Waals surface area (Å²) in [7, 11) is 0. The predicted molar refractivity (Wildman–Crippen MR) is 249 cm³/mol. The third-order valence-electron chi connectivity index (χ3n) is 11.0. The maximum atomic E-state index is 2.38. The van der Waals surface area contributed by atoms with E-state index in [2.05, 4.69) is 250 Å². The van der Waals surface area contributed by atoms with E-state index in [1.54, 1.807) is 0 Å². The summed E-state index contributed by atoms with van der Waals surface area (Å²) in [6.07, 6.45) is 14.6. The number of aryl methyl sites for hydroxylation is 4. The third kappa shape index (κ3) is 8.57. The molecule has 0 saturated carbocycles. The highest BCUT2D eigenvalue weighted by Gasteiger charge is 2.19. The quantitative estimate of drug-likeness (QED) is 0.130. The van der Waals surface area contributed by atoms with E-state index in [1.165, 1.54) is 61.3 Å². The minimum Gasteiger partial charge on any atom is -0.317 e. The minimum absolute atomic E-state index is 0.285. The van der Waals surface area contributed by atoms with Crippen molar-refractivity contribution in [2.24, 2.45) is 5.92 Å². The second kappa shape index (κ2) is 17.5. The first kappa shape index (κ1) is 38.0. The fraction of sp³-hybridized carbons (Fsp3) is 0.107. The smallest absolute Gasteiger partial charge is 0.0485 e. The van der Waals surface area contributed by atoms with Crippen LogP contribution in [0.15, 0.2) is 213 Å². The number of rotatable bonds is 11. The molecule has 0 N–H and O–H groups in total. The van der Waals surface area contributed by atoms with Crippen LogP contribution in [0.5, 0.6) is 0 Å². The lowest BCUT2D eigenvalue weighted by Gasteiger charge is -2.27. The average Bonchev–Trinajstić information content (AvgIpc) is 3.27. The molecular formula is C56H50N2. The zero-order valence-corrected chi connectivity index (χ0v) is 33.9. The normalized spacial score (nSPS) is 13.6. The molecule has 1 aliphatic rings. The molecule has 0 radical (unpaired) electrons. The highest BCUT2D eigenvalue weighted by atomic mass is 15.1. The van der Waals surface area contributed by atoms with Crippen LogP contribution in [0.4, 0.5) is 22.7 Å². The molecule has 0 fully saturated rings. The van der Waals surface area contributed by atoms with Gasteiger partial charge in [-0.15, -0.1) is 0 Å². The summed E-state index contributed by atoms with van der Waals surface area (Å²) in [6.45, 7) is 8.73. The van der Waals surface area contributed by atoms with Crippen molar-refractivity contribution in [1.82, 2.24) is 0 Å². The van der Waals surface area contributed by atoms with Gasteiger partial charge in [-0.3, -0.25) is 0 Å². The van der Waals surface area contributed by atoms with Gasteiger partial charge in [-0.25, -0.2) is 0 Å². The molecule has 7 aromatic carbocycles. The fourth-order valence-electron chi connectivity index (χ4n) is 7.99. The zero-order chi connectivity index (χ0) is 39.8. The second-order valence-electron chi connectivity index (χ2n) is 15.3. The number of hydrogen-bond donors (Lipinski definition) is 0. The van der Waals surface area contributed by atoms with Gasteiger partial charge >= 0.3 is 0 Å². The van der Waals surface area contributed by atoms with Crippen LogP contribution in [0.1, 0.15) is 45.4 Å². The Morgan fingerprint density at radius 2 is 0.914 bits per heavy atom. The lowest BCUT2D eigenvalue weighted by Crippen LogP contribution is -2.14. The first-order valence-electron chi connectivity index (χ1n) is 20.3. The largest absolute Gasteiger partial charge is 0.317 e. The second-order valence-corrected chi connectivity index (χ2v) is 15.3. The molecule has 2 nitrogen and oxygen atoms in total. The van der Waals surface area contributed by atoms with Crippen LogP contribution in [0.3, 0.4) is 0 Å². The summed E-state index contributed by atoms with van der Waals surface area (Å²) < 4.78 is 0. The van der Waals surface area contributed by atoms with E-state index in [-0.39, 0.29) is 5.92 Å². The summed E-state index contributed by atoms with van der Waals surface area (Å²) in [6, 6.07) is 63.6. The van der Waals surface area contributed by atoms with E-state index in [0.29, 0.717) is 0 Å². The summed E-state index contributed by atoms with van der Waals surface area (Å²) in [5.74, 6) is 0.285. The monoisotopic (exact) mass is 750 g/mol. The maximum Gasteiger partial charge on any atom is 0.0485 e. The van der Waals surface area contributed by atoms with Gasteiger partial charge in [-0.2, -0.15) is 0 Å². The summed E-state index contributed by atoms with van der Waals surface area (Å²) in [5, 5.41) is 0. The molecular weight excluding hydrogens is 701 g/mol.